The number of ether oxygens (including phenoxy) is 1. The van der Waals surface area contributed by atoms with Gasteiger partial charge in [0.15, 0.2) is 0 Å². The molecule has 30 heavy (non-hydrogen) atoms. The number of rotatable bonds is 10. The van der Waals surface area contributed by atoms with Crippen LogP contribution in [0.5, 0.6) is 0 Å². The van der Waals surface area contributed by atoms with Gasteiger partial charge in [0.2, 0.25) is 11.8 Å². The fourth-order valence-corrected chi connectivity index (χ4v) is 3.38. The van der Waals surface area contributed by atoms with Crippen molar-refractivity contribution in [3.8, 4) is 0 Å². The van der Waals surface area contributed by atoms with Crippen LogP contribution in [0.3, 0.4) is 0 Å². The van der Waals surface area contributed by atoms with E-state index in [1.165, 1.54) is 0 Å². The average molecular weight is 423 g/mol. The van der Waals surface area contributed by atoms with E-state index < -0.39 is 34.9 Å². The third-order valence-electron chi connectivity index (χ3n) is 5.02. The minimum atomic E-state index is -0.678. The van der Waals surface area contributed by atoms with Crippen molar-refractivity contribution in [2.24, 2.45) is 23.2 Å². The molecular weight excluding hydrogens is 380 g/mol. The van der Waals surface area contributed by atoms with Gasteiger partial charge in [-0.3, -0.25) is 14.4 Å². The summed E-state index contributed by atoms with van der Waals surface area (Å²) in [4.78, 5) is 39.1. The number of hydrogen-bond donors (Lipinski definition) is 2. The number of carbonyl (C=O) groups excluding carboxylic acids is 3. The van der Waals surface area contributed by atoms with E-state index in [4.69, 9.17) is 4.74 Å². The minimum Gasteiger partial charge on any atom is -0.460 e. The zero-order valence-electron chi connectivity index (χ0n) is 20.1. The number of nitrogens with one attached hydrogen (secondary N) is 2. The Labute approximate surface area is 182 Å². The molecule has 1 fully saturated rings. The fourth-order valence-electron chi connectivity index (χ4n) is 3.38. The predicted octanol–water partition coefficient (Wildman–Crippen LogP) is 3.99. The Balaban J connectivity index is 3.12. The van der Waals surface area contributed by atoms with Crippen molar-refractivity contribution in [1.82, 2.24) is 10.6 Å². The van der Waals surface area contributed by atoms with Crippen LogP contribution in [-0.4, -0.2) is 35.5 Å². The molecule has 0 aromatic rings. The lowest BCUT2D eigenvalue weighted by molar-refractivity contribution is -0.164. The number of hydrogen-bond acceptors (Lipinski definition) is 4. The summed E-state index contributed by atoms with van der Waals surface area (Å²) >= 11 is 0. The maximum atomic E-state index is 13.4. The van der Waals surface area contributed by atoms with Gasteiger partial charge in [-0.05, 0) is 57.8 Å². The second kappa shape index (κ2) is 10.5. The van der Waals surface area contributed by atoms with Gasteiger partial charge in [-0.25, -0.2) is 0 Å². The van der Waals surface area contributed by atoms with Crippen LogP contribution in [0.25, 0.3) is 0 Å². The summed E-state index contributed by atoms with van der Waals surface area (Å²) in [6.07, 6.45) is 4.47. The molecule has 0 bridgehead atoms. The van der Waals surface area contributed by atoms with Crippen molar-refractivity contribution in [3.63, 3.8) is 0 Å². The Morgan fingerprint density at radius 2 is 1.60 bits per heavy atom. The van der Waals surface area contributed by atoms with Crippen molar-refractivity contribution in [2.75, 3.05) is 0 Å². The normalized spacial score (nSPS) is 17.6. The highest BCUT2D eigenvalue weighted by atomic mass is 16.6. The predicted molar refractivity (Wildman–Crippen MR) is 120 cm³/mol. The first kappa shape index (κ1) is 26.2. The molecular formula is C24H42N2O4. The first-order chi connectivity index (χ1) is 13.7. The van der Waals surface area contributed by atoms with Gasteiger partial charge < -0.3 is 15.4 Å². The Kier molecular flexibility index (Phi) is 9.12. The van der Waals surface area contributed by atoms with E-state index in [-0.39, 0.29) is 23.8 Å². The van der Waals surface area contributed by atoms with Gasteiger partial charge in [0, 0.05) is 6.04 Å². The van der Waals surface area contributed by atoms with Crippen LogP contribution < -0.4 is 10.6 Å². The molecule has 6 nitrogen and oxygen atoms in total. The van der Waals surface area contributed by atoms with Crippen LogP contribution in [0.15, 0.2) is 12.7 Å². The third kappa shape index (κ3) is 8.88. The lowest BCUT2D eigenvalue weighted by atomic mass is 9.81. The maximum Gasteiger partial charge on any atom is 0.310 e. The van der Waals surface area contributed by atoms with E-state index in [0.29, 0.717) is 12.8 Å². The smallest absolute Gasteiger partial charge is 0.310 e. The molecule has 3 unspecified atom stereocenters. The minimum absolute atomic E-state index is 0.167. The van der Waals surface area contributed by atoms with Gasteiger partial charge >= 0.3 is 5.97 Å². The van der Waals surface area contributed by atoms with Gasteiger partial charge in [0.25, 0.3) is 0 Å². The highest BCUT2D eigenvalue weighted by Crippen LogP contribution is 2.29. The van der Waals surface area contributed by atoms with Crippen LogP contribution in [0.4, 0.5) is 0 Å². The SMILES string of the molecule is C=CCC(C(=O)OC(C)(C)C)C(CC(C)C)C(=O)NC(C(=O)NC1CC1)C(C)(C)C. The highest BCUT2D eigenvalue weighted by molar-refractivity contribution is 5.91. The largest absolute Gasteiger partial charge is 0.460 e. The molecule has 2 amide bonds. The summed E-state index contributed by atoms with van der Waals surface area (Å²) in [6.45, 7) is 19.0. The van der Waals surface area contributed by atoms with E-state index in [0.717, 1.165) is 12.8 Å². The molecule has 1 aliphatic carbocycles. The molecule has 1 aliphatic rings. The molecule has 0 saturated heterocycles. The first-order valence-corrected chi connectivity index (χ1v) is 11.1. The summed E-state index contributed by atoms with van der Waals surface area (Å²) in [5.74, 6) is -1.90. The van der Waals surface area contributed by atoms with Crippen molar-refractivity contribution >= 4 is 17.8 Å². The first-order valence-electron chi connectivity index (χ1n) is 11.1. The van der Waals surface area contributed by atoms with E-state index >= 15 is 0 Å². The standard InChI is InChI=1S/C24H42N2O4/c1-10-11-17(22(29)30-24(7,8)9)18(14-15(2)3)20(27)26-19(23(4,5)6)21(28)25-16-12-13-16/h10,15-19H,1,11-14H2,2-9H3,(H,25,28)(H,26,27). The zero-order chi connectivity index (χ0) is 23.3. The van der Waals surface area contributed by atoms with Crippen molar-refractivity contribution in [2.45, 2.75) is 98.8 Å². The quantitative estimate of drug-likeness (QED) is 0.412. The van der Waals surface area contributed by atoms with E-state index in [2.05, 4.69) is 17.2 Å². The Morgan fingerprint density at radius 1 is 1.03 bits per heavy atom. The van der Waals surface area contributed by atoms with Crippen LogP contribution >= 0.6 is 0 Å². The van der Waals surface area contributed by atoms with Gasteiger partial charge in [0.05, 0.1) is 11.8 Å². The molecule has 0 aliphatic heterocycles. The second-order valence-corrected chi connectivity index (χ2v) is 11.0. The van der Waals surface area contributed by atoms with Crippen molar-refractivity contribution in [1.29, 1.82) is 0 Å². The summed E-state index contributed by atoms with van der Waals surface area (Å²) in [5, 5.41) is 5.95. The molecule has 0 heterocycles. The van der Waals surface area contributed by atoms with Crippen LogP contribution in [0.2, 0.25) is 0 Å². The van der Waals surface area contributed by atoms with E-state index in [9.17, 15) is 14.4 Å². The summed E-state index contributed by atoms with van der Waals surface area (Å²) in [5.41, 5.74) is -1.11. The number of amides is 2. The third-order valence-corrected chi connectivity index (χ3v) is 5.02. The Bertz CT molecular complexity index is 624. The molecule has 172 valence electrons. The number of carbonyl (C=O) groups is 3. The molecule has 0 radical (unpaired) electrons. The van der Waals surface area contributed by atoms with Crippen LogP contribution in [0, 0.1) is 23.2 Å². The van der Waals surface area contributed by atoms with Gasteiger partial charge in [0.1, 0.15) is 11.6 Å². The number of allylic oxidation sites excluding steroid dienone is 1. The van der Waals surface area contributed by atoms with Crippen LogP contribution in [-0.2, 0) is 19.1 Å². The van der Waals surface area contributed by atoms with E-state index in [1.54, 1.807) is 6.08 Å². The van der Waals surface area contributed by atoms with Crippen molar-refractivity contribution < 1.29 is 19.1 Å². The number of esters is 1. The highest BCUT2D eigenvalue weighted by Gasteiger charge is 2.40. The lowest BCUT2D eigenvalue weighted by Gasteiger charge is -2.34. The molecule has 0 spiro atoms. The molecule has 3 atom stereocenters. The molecule has 1 rings (SSSR count). The molecule has 6 heteroatoms. The average Bonchev–Trinajstić information content (AvgIpc) is 3.36. The topological polar surface area (TPSA) is 84.5 Å². The molecule has 0 aromatic carbocycles. The van der Waals surface area contributed by atoms with Gasteiger partial charge in [-0.1, -0.05) is 40.7 Å². The Morgan fingerprint density at radius 3 is 2.00 bits per heavy atom. The fraction of sp³-hybridized carbons (Fsp3) is 0.792. The summed E-state index contributed by atoms with van der Waals surface area (Å²) in [6, 6.07) is -0.468. The second-order valence-electron chi connectivity index (χ2n) is 11.0. The molecule has 0 aromatic heterocycles. The van der Waals surface area contributed by atoms with Gasteiger partial charge in [-0.15, -0.1) is 6.58 Å². The monoisotopic (exact) mass is 422 g/mol. The molecule has 1 saturated carbocycles. The van der Waals surface area contributed by atoms with Crippen LogP contribution in [0.1, 0.15) is 81.1 Å². The summed E-state index contributed by atoms with van der Waals surface area (Å²) in [7, 11) is 0. The maximum absolute atomic E-state index is 13.4. The summed E-state index contributed by atoms with van der Waals surface area (Å²) < 4.78 is 5.60. The molecule has 2 N–H and O–H groups in total. The van der Waals surface area contributed by atoms with Gasteiger partial charge in [-0.2, -0.15) is 0 Å². The zero-order valence-corrected chi connectivity index (χ0v) is 20.1. The van der Waals surface area contributed by atoms with E-state index in [1.807, 2.05) is 55.4 Å². The van der Waals surface area contributed by atoms with Crippen molar-refractivity contribution in [3.05, 3.63) is 12.7 Å². The Hall–Kier alpha value is -1.85. The lowest BCUT2D eigenvalue weighted by Crippen LogP contribution is -2.56.